The molecule has 18 heavy (non-hydrogen) atoms. The fraction of sp³-hybridized carbons (Fsp3) is 0.200. The average Bonchev–Trinajstić information content (AvgIpc) is 2.28. The molecule has 0 bridgehead atoms. The van der Waals surface area contributed by atoms with E-state index in [-0.39, 0.29) is 5.69 Å². The molecule has 1 rings (SSSR count). The predicted molar refractivity (Wildman–Crippen MR) is 61.9 cm³/mol. The number of primary amides is 1. The Kier molecular flexibility index (Phi) is 4.61. The van der Waals surface area contributed by atoms with Crippen molar-refractivity contribution < 1.29 is 19.5 Å². The maximum atomic E-state index is 11.6. The number of aromatic nitrogens is 1. The van der Waals surface area contributed by atoms with Gasteiger partial charge in [-0.15, -0.1) is 0 Å². The first-order chi connectivity index (χ1) is 8.40. The monoisotopic (exact) mass is 271 g/mol. The summed E-state index contributed by atoms with van der Waals surface area (Å²) in [7, 11) is 0. The smallest absolute Gasteiger partial charge is 0.326 e. The Morgan fingerprint density at radius 2 is 2.11 bits per heavy atom. The van der Waals surface area contributed by atoms with Crippen LogP contribution < -0.4 is 11.1 Å². The number of carbonyl (C=O) groups excluding carboxylic acids is 2. The Labute approximate surface area is 107 Å². The van der Waals surface area contributed by atoms with Crippen LogP contribution in [-0.2, 0) is 9.59 Å². The van der Waals surface area contributed by atoms with Crippen molar-refractivity contribution >= 4 is 29.4 Å². The van der Waals surface area contributed by atoms with E-state index in [1.54, 1.807) is 0 Å². The topological polar surface area (TPSA) is 122 Å². The first kappa shape index (κ1) is 13.9. The predicted octanol–water partition coefficient (Wildman–Crippen LogP) is -0.207. The molecular weight excluding hydrogens is 262 g/mol. The number of carboxylic acid groups (broad SMARTS) is 1. The van der Waals surface area contributed by atoms with E-state index in [4.69, 9.17) is 22.4 Å². The van der Waals surface area contributed by atoms with E-state index in [0.717, 1.165) is 0 Å². The third-order valence-corrected chi connectivity index (χ3v) is 2.19. The van der Waals surface area contributed by atoms with Crippen molar-refractivity contribution in [2.45, 2.75) is 12.5 Å². The molecule has 1 aromatic rings. The van der Waals surface area contributed by atoms with E-state index in [9.17, 15) is 14.4 Å². The first-order valence-corrected chi connectivity index (χ1v) is 5.21. The van der Waals surface area contributed by atoms with E-state index in [1.807, 2.05) is 0 Å². The van der Waals surface area contributed by atoms with Gasteiger partial charge in [0.2, 0.25) is 5.91 Å². The fourth-order valence-electron chi connectivity index (χ4n) is 1.14. The fourth-order valence-corrected chi connectivity index (χ4v) is 1.26. The van der Waals surface area contributed by atoms with Crippen LogP contribution in [0.15, 0.2) is 18.3 Å². The SMILES string of the molecule is NC(=O)CC(NC(=O)c1ccc(Cl)cn1)C(=O)O. The minimum Gasteiger partial charge on any atom is -0.480 e. The van der Waals surface area contributed by atoms with Gasteiger partial charge in [0, 0.05) is 6.20 Å². The zero-order valence-corrected chi connectivity index (χ0v) is 9.85. The summed E-state index contributed by atoms with van der Waals surface area (Å²) in [4.78, 5) is 36.8. The highest BCUT2D eigenvalue weighted by molar-refractivity contribution is 6.30. The number of nitrogens with one attached hydrogen (secondary N) is 1. The summed E-state index contributed by atoms with van der Waals surface area (Å²) in [5.74, 6) is -2.90. The minimum absolute atomic E-state index is 0.00452. The van der Waals surface area contributed by atoms with Gasteiger partial charge in [-0.3, -0.25) is 9.59 Å². The quantitative estimate of drug-likeness (QED) is 0.684. The summed E-state index contributed by atoms with van der Waals surface area (Å²) in [6, 6.07) is 1.39. The second-order valence-corrected chi connectivity index (χ2v) is 3.83. The third-order valence-electron chi connectivity index (χ3n) is 1.97. The van der Waals surface area contributed by atoms with Gasteiger partial charge in [-0.2, -0.15) is 0 Å². The van der Waals surface area contributed by atoms with Crippen LogP contribution in [0.2, 0.25) is 5.02 Å². The standard InChI is InChI=1S/C10H10ClN3O4/c11-5-1-2-6(13-4-5)9(16)14-7(10(17)18)3-8(12)15/h1-2,4,7H,3H2,(H2,12,15)(H,14,16)(H,17,18). The van der Waals surface area contributed by atoms with Gasteiger partial charge < -0.3 is 16.2 Å². The molecule has 0 saturated carbocycles. The molecule has 0 radical (unpaired) electrons. The van der Waals surface area contributed by atoms with Crippen LogP contribution >= 0.6 is 11.6 Å². The highest BCUT2D eigenvalue weighted by Crippen LogP contribution is 2.06. The molecule has 4 N–H and O–H groups in total. The molecule has 96 valence electrons. The lowest BCUT2D eigenvalue weighted by Gasteiger charge is -2.12. The number of aliphatic carboxylic acids is 1. The lowest BCUT2D eigenvalue weighted by atomic mass is 10.2. The molecule has 1 aromatic heterocycles. The summed E-state index contributed by atoms with van der Waals surface area (Å²) in [6.07, 6.45) is 0.759. The molecule has 2 amide bonds. The van der Waals surface area contributed by atoms with Gasteiger partial charge in [0.25, 0.3) is 5.91 Å². The molecule has 1 unspecified atom stereocenters. The lowest BCUT2D eigenvalue weighted by Crippen LogP contribution is -2.43. The van der Waals surface area contributed by atoms with E-state index in [0.29, 0.717) is 5.02 Å². The summed E-state index contributed by atoms with van der Waals surface area (Å²) in [5.41, 5.74) is 4.87. The Morgan fingerprint density at radius 3 is 2.56 bits per heavy atom. The summed E-state index contributed by atoms with van der Waals surface area (Å²) in [5, 5.41) is 11.3. The van der Waals surface area contributed by atoms with Gasteiger partial charge in [0.15, 0.2) is 0 Å². The van der Waals surface area contributed by atoms with Crippen LogP contribution in [0.3, 0.4) is 0 Å². The van der Waals surface area contributed by atoms with Gasteiger partial charge >= 0.3 is 5.97 Å². The van der Waals surface area contributed by atoms with Crippen molar-refractivity contribution in [2.24, 2.45) is 5.73 Å². The molecule has 0 aliphatic rings. The van der Waals surface area contributed by atoms with Crippen molar-refractivity contribution in [3.8, 4) is 0 Å². The number of carboxylic acids is 1. The number of nitrogens with two attached hydrogens (primary N) is 1. The molecule has 1 atom stereocenters. The Morgan fingerprint density at radius 1 is 1.44 bits per heavy atom. The molecule has 0 aromatic carbocycles. The average molecular weight is 272 g/mol. The highest BCUT2D eigenvalue weighted by atomic mass is 35.5. The van der Waals surface area contributed by atoms with E-state index in [1.165, 1.54) is 18.3 Å². The molecule has 0 spiro atoms. The highest BCUT2D eigenvalue weighted by Gasteiger charge is 2.23. The molecule has 7 nitrogen and oxygen atoms in total. The van der Waals surface area contributed by atoms with E-state index >= 15 is 0 Å². The Bertz CT molecular complexity index is 475. The summed E-state index contributed by atoms with van der Waals surface area (Å²) >= 11 is 5.59. The Balaban J connectivity index is 2.75. The molecule has 0 fully saturated rings. The summed E-state index contributed by atoms with van der Waals surface area (Å²) < 4.78 is 0. The van der Waals surface area contributed by atoms with Crippen molar-refractivity contribution in [2.75, 3.05) is 0 Å². The Hall–Kier alpha value is -2.15. The van der Waals surface area contributed by atoms with Gasteiger partial charge in [-0.25, -0.2) is 9.78 Å². The summed E-state index contributed by atoms with van der Waals surface area (Å²) in [6.45, 7) is 0. The molecule has 0 saturated heterocycles. The van der Waals surface area contributed by atoms with Crippen LogP contribution in [0.25, 0.3) is 0 Å². The number of hydrogen-bond acceptors (Lipinski definition) is 4. The minimum atomic E-state index is -1.38. The molecule has 8 heteroatoms. The van der Waals surface area contributed by atoms with Gasteiger partial charge in [-0.05, 0) is 12.1 Å². The largest absolute Gasteiger partial charge is 0.480 e. The van der Waals surface area contributed by atoms with Crippen LogP contribution in [0.4, 0.5) is 0 Å². The molecule has 1 heterocycles. The van der Waals surface area contributed by atoms with Crippen molar-refractivity contribution in [3.63, 3.8) is 0 Å². The van der Waals surface area contributed by atoms with Crippen LogP contribution in [0, 0.1) is 0 Å². The molecular formula is C10H10ClN3O4. The number of nitrogens with zero attached hydrogens (tertiary/aromatic N) is 1. The van der Waals surface area contributed by atoms with Crippen molar-refractivity contribution in [1.29, 1.82) is 0 Å². The number of pyridine rings is 1. The number of halogens is 1. The molecule has 0 aliphatic heterocycles. The second kappa shape index (κ2) is 5.97. The number of carbonyl (C=O) groups is 3. The van der Waals surface area contributed by atoms with E-state index < -0.39 is 30.2 Å². The first-order valence-electron chi connectivity index (χ1n) is 4.83. The lowest BCUT2D eigenvalue weighted by molar-refractivity contribution is -0.140. The van der Waals surface area contributed by atoms with Crippen LogP contribution in [0.1, 0.15) is 16.9 Å². The maximum Gasteiger partial charge on any atom is 0.326 e. The number of amides is 2. The van der Waals surface area contributed by atoms with Crippen LogP contribution in [0.5, 0.6) is 0 Å². The normalized spacial score (nSPS) is 11.6. The maximum absolute atomic E-state index is 11.6. The molecule has 0 aliphatic carbocycles. The van der Waals surface area contributed by atoms with Gasteiger partial charge in [0.05, 0.1) is 11.4 Å². The van der Waals surface area contributed by atoms with E-state index in [2.05, 4.69) is 10.3 Å². The zero-order valence-electron chi connectivity index (χ0n) is 9.09. The second-order valence-electron chi connectivity index (χ2n) is 3.40. The van der Waals surface area contributed by atoms with Gasteiger partial charge in [0.1, 0.15) is 11.7 Å². The third kappa shape index (κ3) is 4.02. The number of hydrogen-bond donors (Lipinski definition) is 3. The van der Waals surface area contributed by atoms with Crippen LogP contribution in [-0.4, -0.2) is 33.9 Å². The van der Waals surface area contributed by atoms with Crippen molar-refractivity contribution in [3.05, 3.63) is 29.0 Å². The zero-order chi connectivity index (χ0) is 13.7. The van der Waals surface area contributed by atoms with Gasteiger partial charge in [-0.1, -0.05) is 11.6 Å². The number of rotatable bonds is 5. The van der Waals surface area contributed by atoms with Crippen molar-refractivity contribution in [1.82, 2.24) is 10.3 Å².